The lowest BCUT2D eigenvalue weighted by atomic mass is 10.2. The molecule has 2 fully saturated rings. The molecule has 0 bridgehead atoms. The summed E-state index contributed by atoms with van der Waals surface area (Å²) in [6.07, 6.45) is 0. The van der Waals surface area contributed by atoms with Crippen LogP contribution in [0, 0.1) is 5.41 Å². The van der Waals surface area contributed by atoms with Gasteiger partial charge in [0, 0.05) is 5.25 Å². The topological polar surface area (TPSA) is 61.2 Å². The average Bonchev–Trinajstić information content (AvgIpc) is 2.71. The van der Waals surface area contributed by atoms with E-state index in [2.05, 4.69) is 0 Å². The van der Waals surface area contributed by atoms with E-state index in [0.717, 1.165) is 0 Å². The Kier molecular flexibility index (Phi) is 3.24. The number of rotatable bonds is 1. The van der Waals surface area contributed by atoms with Crippen molar-refractivity contribution in [3.8, 4) is 0 Å². The fourth-order valence-corrected chi connectivity index (χ4v) is 6.85. The van der Waals surface area contributed by atoms with Crippen molar-refractivity contribution in [2.24, 2.45) is 0 Å². The third kappa shape index (κ3) is 2.24. The van der Waals surface area contributed by atoms with Crippen molar-refractivity contribution >= 4 is 55.7 Å². The van der Waals surface area contributed by atoms with E-state index >= 15 is 0 Å². The van der Waals surface area contributed by atoms with Gasteiger partial charge < -0.3 is 4.90 Å². The van der Waals surface area contributed by atoms with Crippen molar-refractivity contribution in [2.75, 3.05) is 16.4 Å². The van der Waals surface area contributed by atoms with Crippen molar-refractivity contribution in [1.82, 2.24) is 0 Å². The zero-order valence-corrected chi connectivity index (χ0v) is 12.8. The maximum absolute atomic E-state index is 11.7. The maximum Gasteiger partial charge on any atom is 0.161 e. The van der Waals surface area contributed by atoms with E-state index in [1.165, 1.54) is 11.8 Å². The first kappa shape index (κ1) is 13.5. The quantitative estimate of drug-likeness (QED) is 0.856. The van der Waals surface area contributed by atoms with Crippen LogP contribution >= 0.6 is 35.0 Å². The van der Waals surface area contributed by atoms with Crippen LogP contribution in [0.25, 0.3) is 0 Å². The van der Waals surface area contributed by atoms with E-state index < -0.39 is 9.84 Å². The van der Waals surface area contributed by atoms with Crippen LogP contribution in [0.5, 0.6) is 0 Å². The second-order valence-electron chi connectivity index (χ2n) is 4.55. The van der Waals surface area contributed by atoms with Gasteiger partial charge in [-0.2, -0.15) is 0 Å². The van der Waals surface area contributed by atoms with Gasteiger partial charge in [0.2, 0.25) is 0 Å². The van der Waals surface area contributed by atoms with Gasteiger partial charge in [0.1, 0.15) is 0 Å². The summed E-state index contributed by atoms with van der Waals surface area (Å²) < 4.78 is 23.4. The molecule has 0 saturated carbocycles. The minimum Gasteiger partial charge on any atom is -0.313 e. The molecule has 102 valence electrons. The number of halogens is 2. The Morgan fingerprint density at radius 1 is 1.26 bits per heavy atom. The Hall–Kier alpha value is -0.430. The molecule has 0 unspecified atom stereocenters. The Labute approximate surface area is 125 Å². The smallest absolute Gasteiger partial charge is 0.161 e. The van der Waals surface area contributed by atoms with Crippen LogP contribution < -0.4 is 4.90 Å². The number of amidine groups is 1. The fraction of sp³-hybridized carbons (Fsp3) is 0.364. The lowest BCUT2D eigenvalue weighted by Crippen LogP contribution is -2.37. The first-order chi connectivity index (χ1) is 8.89. The number of nitrogens with one attached hydrogen (secondary N) is 1. The standard InChI is InChI=1S/C11H10Cl2N2O2S2/c12-6-2-1-3-7(13)10(6)15-8-4-19(16,17)5-9(8)18-11(15)14/h1-3,8-9,14H,4-5H2/t8-,9+/m0/s1. The van der Waals surface area contributed by atoms with Gasteiger partial charge in [-0.05, 0) is 12.1 Å². The molecule has 2 saturated heterocycles. The van der Waals surface area contributed by atoms with Crippen molar-refractivity contribution < 1.29 is 8.42 Å². The normalized spacial score (nSPS) is 28.7. The summed E-state index contributed by atoms with van der Waals surface area (Å²) in [4.78, 5) is 1.66. The first-order valence-corrected chi connectivity index (χ1v) is 9.03. The second kappa shape index (κ2) is 4.55. The minimum atomic E-state index is -3.04. The molecule has 19 heavy (non-hydrogen) atoms. The molecule has 0 spiro atoms. The number of fused-ring (bicyclic) bond motifs is 1. The molecule has 2 heterocycles. The molecule has 3 rings (SSSR count). The number of para-hydroxylation sites is 1. The first-order valence-electron chi connectivity index (χ1n) is 5.58. The number of sulfone groups is 1. The van der Waals surface area contributed by atoms with Crippen molar-refractivity contribution in [3.63, 3.8) is 0 Å². The SMILES string of the molecule is N=C1S[C@@H]2CS(=O)(=O)C[C@@H]2N1c1c(Cl)cccc1Cl. The van der Waals surface area contributed by atoms with Crippen LogP contribution in [-0.2, 0) is 9.84 Å². The Morgan fingerprint density at radius 3 is 2.53 bits per heavy atom. The van der Waals surface area contributed by atoms with Crippen LogP contribution in [-0.4, -0.2) is 36.4 Å². The summed E-state index contributed by atoms with van der Waals surface area (Å²) in [7, 11) is -3.04. The Balaban J connectivity index is 2.07. The largest absolute Gasteiger partial charge is 0.313 e. The maximum atomic E-state index is 11.7. The predicted molar refractivity (Wildman–Crippen MR) is 80.5 cm³/mol. The molecule has 2 aliphatic heterocycles. The third-order valence-electron chi connectivity index (χ3n) is 3.26. The van der Waals surface area contributed by atoms with Gasteiger partial charge >= 0.3 is 0 Å². The molecule has 1 aromatic rings. The molecule has 1 N–H and O–H groups in total. The fourth-order valence-electron chi connectivity index (χ4n) is 2.49. The lowest BCUT2D eigenvalue weighted by Gasteiger charge is -2.25. The van der Waals surface area contributed by atoms with Gasteiger partial charge in [-0.15, -0.1) is 0 Å². The molecule has 8 heteroatoms. The summed E-state index contributed by atoms with van der Waals surface area (Å²) in [6.45, 7) is 0. The molecule has 0 aliphatic carbocycles. The van der Waals surface area contributed by atoms with Crippen molar-refractivity contribution in [3.05, 3.63) is 28.2 Å². The van der Waals surface area contributed by atoms with E-state index in [9.17, 15) is 8.42 Å². The number of hydrogen-bond acceptors (Lipinski definition) is 4. The van der Waals surface area contributed by atoms with E-state index in [4.69, 9.17) is 28.6 Å². The highest BCUT2D eigenvalue weighted by atomic mass is 35.5. The average molecular weight is 337 g/mol. The van der Waals surface area contributed by atoms with Crippen LogP contribution in [0.2, 0.25) is 10.0 Å². The number of nitrogens with zero attached hydrogens (tertiary/aromatic N) is 1. The van der Waals surface area contributed by atoms with Crippen LogP contribution in [0.15, 0.2) is 18.2 Å². The molecule has 1 aromatic carbocycles. The molecule has 0 radical (unpaired) electrons. The molecule has 4 nitrogen and oxygen atoms in total. The Bertz CT molecular complexity index is 642. The van der Waals surface area contributed by atoms with Gasteiger partial charge in [0.15, 0.2) is 15.0 Å². The number of anilines is 1. The highest BCUT2D eigenvalue weighted by Crippen LogP contribution is 2.44. The zero-order chi connectivity index (χ0) is 13.8. The van der Waals surface area contributed by atoms with Crippen LogP contribution in [0.3, 0.4) is 0 Å². The molecule has 0 aromatic heterocycles. The molecule has 0 amide bonds. The molecular formula is C11H10Cl2N2O2S2. The molecule has 2 atom stereocenters. The van der Waals surface area contributed by atoms with Gasteiger partial charge in [0.05, 0.1) is 33.3 Å². The van der Waals surface area contributed by atoms with Gasteiger partial charge in [-0.3, -0.25) is 5.41 Å². The molecule has 2 aliphatic rings. The predicted octanol–water partition coefficient (Wildman–Crippen LogP) is 2.65. The number of benzene rings is 1. The summed E-state index contributed by atoms with van der Waals surface area (Å²) in [5.41, 5.74) is 0.535. The third-order valence-corrected chi connectivity index (χ3v) is 7.00. The summed E-state index contributed by atoms with van der Waals surface area (Å²) >= 11 is 13.6. The van der Waals surface area contributed by atoms with Crippen LogP contribution in [0.1, 0.15) is 0 Å². The molecular weight excluding hydrogens is 327 g/mol. The van der Waals surface area contributed by atoms with Crippen LogP contribution in [0.4, 0.5) is 5.69 Å². The lowest BCUT2D eigenvalue weighted by molar-refractivity contribution is 0.601. The van der Waals surface area contributed by atoms with E-state index in [1.54, 1.807) is 23.1 Å². The Morgan fingerprint density at radius 2 is 1.89 bits per heavy atom. The number of hydrogen-bond donors (Lipinski definition) is 1. The summed E-state index contributed by atoms with van der Waals surface area (Å²) in [5, 5.41) is 9.11. The highest BCUT2D eigenvalue weighted by molar-refractivity contribution is 8.15. The number of thioether (sulfide) groups is 1. The summed E-state index contributed by atoms with van der Waals surface area (Å²) in [6, 6.07) is 4.86. The van der Waals surface area contributed by atoms with E-state index in [1.807, 2.05) is 0 Å². The van der Waals surface area contributed by atoms with E-state index in [-0.39, 0.29) is 22.8 Å². The van der Waals surface area contributed by atoms with Crippen molar-refractivity contribution in [2.45, 2.75) is 11.3 Å². The highest BCUT2D eigenvalue weighted by Gasteiger charge is 2.49. The zero-order valence-electron chi connectivity index (χ0n) is 9.64. The van der Waals surface area contributed by atoms with E-state index in [0.29, 0.717) is 20.9 Å². The van der Waals surface area contributed by atoms with Gasteiger partial charge in [0.25, 0.3) is 0 Å². The summed E-state index contributed by atoms with van der Waals surface area (Å²) in [5.74, 6) is 0.165. The minimum absolute atomic E-state index is 0.0502. The second-order valence-corrected chi connectivity index (χ2v) is 8.74. The van der Waals surface area contributed by atoms with Gasteiger partial charge in [-0.1, -0.05) is 41.0 Å². The monoisotopic (exact) mass is 336 g/mol. The van der Waals surface area contributed by atoms with Crippen molar-refractivity contribution in [1.29, 1.82) is 5.41 Å². The van der Waals surface area contributed by atoms with Gasteiger partial charge in [-0.25, -0.2) is 8.42 Å².